The third-order valence-corrected chi connectivity index (χ3v) is 5.75. The Bertz CT molecular complexity index is 955. The van der Waals surface area contributed by atoms with E-state index >= 15 is 0 Å². The predicted octanol–water partition coefficient (Wildman–Crippen LogP) is 2.65. The van der Waals surface area contributed by atoms with Crippen LogP contribution in [0.25, 0.3) is 10.9 Å². The van der Waals surface area contributed by atoms with Gasteiger partial charge in [-0.25, -0.2) is 0 Å². The summed E-state index contributed by atoms with van der Waals surface area (Å²) in [6, 6.07) is 5.24. The van der Waals surface area contributed by atoms with Gasteiger partial charge < -0.3 is 19.5 Å². The minimum atomic E-state index is -0.494. The molecule has 2 aliphatic heterocycles. The largest absolute Gasteiger partial charge is 0.497 e. The van der Waals surface area contributed by atoms with Gasteiger partial charge in [-0.2, -0.15) is 0 Å². The lowest BCUT2D eigenvalue weighted by Gasteiger charge is -2.34. The van der Waals surface area contributed by atoms with Crippen LogP contribution in [-0.2, 0) is 22.6 Å². The zero-order valence-electron chi connectivity index (χ0n) is 16.7. The van der Waals surface area contributed by atoms with Crippen molar-refractivity contribution in [1.82, 2.24) is 14.8 Å². The van der Waals surface area contributed by atoms with Crippen molar-refractivity contribution in [2.24, 2.45) is 0 Å². The van der Waals surface area contributed by atoms with Crippen LogP contribution in [0.2, 0.25) is 0 Å². The summed E-state index contributed by atoms with van der Waals surface area (Å²) < 4.78 is 7.57. The van der Waals surface area contributed by atoms with Crippen molar-refractivity contribution >= 4 is 22.7 Å². The summed E-state index contributed by atoms with van der Waals surface area (Å²) in [4.78, 5) is 27.1. The Labute approximate surface area is 165 Å². The lowest BCUT2D eigenvalue weighted by atomic mass is 10.0. The van der Waals surface area contributed by atoms with E-state index in [2.05, 4.69) is 36.0 Å². The molecule has 2 fully saturated rings. The first-order valence-corrected chi connectivity index (χ1v) is 9.88. The highest BCUT2D eigenvalue weighted by atomic mass is 16.5. The van der Waals surface area contributed by atoms with Crippen LogP contribution < -0.4 is 10.1 Å². The highest BCUT2D eigenvalue weighted by Gasteiger charge is 2.42. The number of methoxy groups -OCH3 is 1. The number of carbonyl (C=O) groups is 2. The van der Waals surface area contributed by atoms with Crippen molar-refractivity contribution in [2.45, 2.75) is 51.7 Å². The molecule has 1 aromatic heterocycles. The quantitative estimate of drug-likeness (QED) is 0.810. The molecule has 0 spiro atoms. The molecule has 1 aromatic carbocycles. The maximum Gasteiger partial charge on any atom is 0.246 e. The van der Waals surface area contributed by atoms with Gasteiger partial charge in [0, 0.05) is 37.2 Å². The molecule has 4 rings (SSSR count). The molecule has 2 aliphatic rings. The molecule has 2 saturated heterocycles. The van der Waals surface area contributed by atoms with Gasteiger partial charge in [-0.1, -0.05) is 11.6 Å². The molecule has 0 saturated carbocycles. The van der Waals surface area contributed by atoms with Crippen molar-refractivity contribution in [3.05, 3.63) is 41.6 Å². The van der Waals surface area contributed by atoms with Crippen molar-refractivity contribution < 1.29 is 14.3 Å². The molecule has 0 bridgehead atoms. The molecule has 3 heterocycles. The number of fused-ring (bicyclic) bond motifs is 2. The normalized spacial score (nSPS) is 21.6. The first kappa shape index (κ1) is 18.6. The molecule has 1 N–H and O–H groups in total. The van der Waals surface area contributed by atoms with Crippen molar-refractivity contribution in [3.8, 4) is 5.75 Å². The fraction of sp³-hybridized carbons (Fsp3) is 0.455. The first-order valence-electron chi connectivity index (χ1n) is 9.88. The van der Waals surface area contributed by atoms with E-state index in [4.69, 9.17) is 4.74 Å². The number of nitrogens with one attached hydrogen (secondary N) is 1. The molecule has 0 unspecified atom stereocenters. The maximum atomic E-state index is 12.9. The second-order valence-electron chi connectivity index (χ2n) is 7.93. The summed E-state index contributed by atoms with van der Waals surface area (Å²) in [7, 11) is 1.66. The highest BCUT2D eigenvalue weighted by molar-refractivity contribution is 5.98. The van der Waals surface area contributed by atoms with Gasteiger partial charge in [-0.05, 0) is 44.4 Å². The van der Waals surface area contributed by atoms with E-state index < -0.39 is 6.04 Å². The van der Waals surface area contributed by atoms with E-state index in [1.807, 2.05) is 18.2 Å². The Morgan fingerprint density at radius 2 is 2.14 bits per heavy atom. The minimum absolute atomic E-state index is 0.0166. The van der Waals surface area contributed by atoms with Gasteiger partial charge in [0.25, 0.3) is 0 Å². The molecule has 0 aliphatic carbocycles. The van der Waals surface area contributed by atoms with Gasteiger partial charge >= 0.3 is 0 Å². The number of rotatable bonds is 5. The van der Waals surface area contributed by atoms with Crippen LogP contribution in [0, 0.1) is 0 Å². The lowest BCUT2D eigenvalue weighted by molar-refractivity contribution is -0.146. The number of amides is 2. The van der Waals surface area contributed by atoms with E-state index in [9.17, 15) is 9.59 Å². The van der Waals surface area contributed by atoms with E-state index in [1.165, 1.54) is 5.57 Å². The summed E-state index contributed by atoms with van der Waals surface area (Å²) >= 11 is 0. The van der Waals surface area contributed by atoms with Crippen LogP contribution in [0.1, 0.15) is 32.3 Å². The predicted molar refractivity (Wildman–Crippen MR) is 108 cm³/mol. The molecule has 2 atom stereocenters. The second-order valence-corrected chi connectivity index (χ2v) is 7.93. The number of aromatic nitrogens is 1. The maximum absolute atomic E-state index is 12.9. The lowest BCUT2D eigenvalue weighted by Crippen LogP contribution is -2.61. The van der Waals surface area contributed by atoms with Crippen LogP contribution in [0.4, 0.5) is 0 Å². The van der Waals surface area contributed by atoms with Crippen LogP contribution in [-0.4, -0.2) is 47.0 Å². The average molecular weight is 381 g/mol. The summed E-state index contributed by atoms with van der Waals surface area (Å²) in [5.41, 5.74) is 3.39. The van der Waals surface area contributed by atoms with Crippen molar-refractivity contribution in [3.63, 3.8) is 0 Å². The van der Waals surface area contributed by atoms with Gasteiger partial charge in [0.15, 0.2) is 0 Å². The fourth-order valence-corrected chi connectivity index (χ4v) is 4.26. The molecule has 6 heteroatoms. The highest BCUT2D eigenvalue weighted by Crippen LogP contribution is 2.29. The Morgan fingerprint density at radius 1 is 1.32 bits per heavy atom. The molecule has 28 heavy (non-hydrogen) atoms. The van der Waals surface area contributed by atoms with Gasteiger partial charge in [0.1, 0.15) is 17.8 Å². The molecule has 0 radical (unpaired) electrons. The summed E-state index contributed by atoms with van der Waals surface area (Å²) in [5, 5.41) is 4.05. The molecular formula is C22H27N3O3. The summed E-state index contributed by atoms with van der Waals surface area (Å²) in [6.07, 6.45) is 6.44. The minimum Gasteiger partial charge on any atom is -0.497 e. The number of allylic oxidation sites excluding steroid dienone is 2. The monoisotopic (exact) mass is 381 g/mol. The first-order chi connectivity index (χ1) is 13.5. The fourth-order valence-electron chi connectivity index (χ4n) is 4.26. The van der Waals surface area contributed by atoms with Gasteiger partial charge in [-0.15, -0.1) is 0 Å². The zero-order chi connectivity index (χ0) is 19.8. The third-order valence-electron chi connectivity index (χ3n) is 5.75. The van der Waals surface area contributed by atoms with Crippen molar-refractivity contribution in [1.29, 1.82) is 0 Å². The molecule has 2 amide bonds. The van der Waals surface area contributed by atoms with Crippen LogP contribution >= 0.6 is 0 Å². The Kier molecular flexibility index (Phi) is 4.87. The van der Waals surface area contributed by atoms with E-state index in [1.54, 1.807) is 12.0 Å². The number of piperazine rings is 1. The summed E-state index contributed by atoms with van der Waals surface area (Å²) in [5.74, 6) is 0.829. The number of hydrogen-bond donors (Lipinski definition) is 1. The Balaban J connectivity index is 1.67. The Morgan fingerprint density at radius 3 is 2.89 bits per heavy atom. The molecule has 2 aromatic rings. The van der Waals surface area contributed by atoms with Crippen LogP contribution in [0.3, 0.4) is 0 Å². The molecule has 6 nitrogen and oxygen atoms in total. The molecule has 148 valence electrons. The van der Waals surface area contributed by atoms with Crippen molar-refractivity contribution in [2.75, 3.05) is 13.7 Å². The topological polar surface area (TPSA) is 63.6 Å². The van der Waals surface area contributed by atoms with Gasteiger partial charge in [-0.3, -0.25) is 9.59 Å². The zero-order valence-corrected chi connectivity index (χ0v) is 16.7. The third kappa shape index (κ3) is 3.28. The van der Waals surface area contributed by atoms with E-state index in [0.29, 0.717) is 13.0 Å². The number of ether oxygens (including phenoxy) is 1. The number of benzene rings is 1. The van der Waals surface area contributed by atoms with E-state index in [-0.39, 0.29) is 17.9 Å². The number of nitrogens with zero attached hydrogens (tertiary/aromatic N) is 2. The average Bonchev–Trinajstić information content (AvgIpc) is 3.29. The van der Waals surface area contributed by atoms with Crippen LogP contribution in [0.5, 0.6) is 5.75 Å². The van der Waals surface area contributed by atoms with Gasteiger partial charge in [0.05, 0.1) is 12.6 Å². The number of hydrogen-bond acceptors (Lipinski definition) is 3. The van der Waals surface area contributed by atoms with Crippen LogP contribution in [0.15, 0.2) is 36.0 Å². The Hall–Kier alpha value is -2.76. The second kappa shape index (κ2) is 7.34. The van der Waals surface area contributed by atoms with E-state index in [0.717, 1.165) is 41.6 Å². The SMILES string of the molecule is COc1ccc2c(C[C@@H]3NC(=O)[C@@H]4CCCN4C3=O)cn(CC=C(C)C)c2c1. The van der Waals surface area contributed by atoms with Gasteiger partial charge in [0.2, 0.25) is 11.8 Å². The standard InChI is InChI=1S/C22H27N3O3/c1-14(2)8-10-24-13-15(17-7-6-16(28-3)12-20(17)24)11-18-22(27)25-9-4-5-19(25)21(26)23-18/h6-8,12-13,18-19H,4-5,9-11H2,1-3H3,(H,23,26)/t18-,19-/m0/s1. The molecular weight excluding hydrogens is 354 g/mol. The number of carbonyl (C=O) groups excluding carboxylic acids is 2. The summed E-state index contributed by atoms with van der Waals surface area (Å²) in [6.45, 7) is 5.60. The smallest absolute Gasteiger partial charge is 0.246 e.